The number of ether oxygens (including phenoxy) is 2. The maximum atomic E-state index is 13.5. The second kappa shape index (κ2) is 8.89. The molecule has 3 aromatic rings. The zero-order valence-electron chi connectivity index (χ0n) is 17.6. The number of pyridine rings is 2. The normalized spacial score (nSPS) is 17.4. The van der Waals surface area contributed by atoms with Gasteiger partial charge in [-0.25, -0.2) is 4.98 Å². The van der Waals surface area contributed by atoms with Crippen LogP contribution >= 0.6 is 0 Å². The third-order valence-electron chi connectivity index (χ3n) is 5.30. The Morgan fingerprint density at radius 1 is 1.12 bits per heavy atom. The molecule has 4 rings (SSSR count). The van der Waals surface area contributed by atoms with E-state index >= 15 is 0 Å². The molecular weight excluding hydrogens is 410 g/mol. The largest absolute Gasteiger partial charge is 0.872 e. The summed E-state index contributed by atoms with van der Waals surface area (Å²) in [7, 11) is 2.95. The SMILES string of the molecule is COc1ccc(C([O-])=C2C(=O)C(=O)N(Cc3ccc[nH+]c3)C2c2cccnc2)cc1OC. The van der Waals surface area contributed by atoms with Crippen LogP contribution in [-0.2, 0) is 16.1 Å². The van der Waals surface area contributed by atoms with Crippen molar-refractivity contribution in [3.63, 3.8) is 0 Å². The molecule has 1 fully saturated rings. The summed E-state index contributed by atoms with van der Waals surface area (Å²) in [6.07, 6.45) is 6.64. The number of H-pyrrole nitrogens is 1. The first-order valence-electron chi connectivity index (χ1n) is 9.89. The van der Waals surface area contributed by atoms with Crippen LogP contribution in [0.4, 0.5) is 0 Å². The lowest BCUT2D eigenvalue weighted by molar-refractivity contribution is -0.378. The molecule has 1 unspecified atom stereocenters. The van der Waals surface area contributed by atoms with E-state index in [2.05, 4.69) is 9.97 Å². The van der Waals surface area contributed by atoms with Gasteiger partial charge in [0.05, 0.1) is 26.8 Å². The van der Waals surface area contributed by atoms with Gasteiger partial charge in [-0.15, -0.1) is 0 Å². The van der Waals surface area contributed by atoms with Crippen LogP contribution < -0.4 is 19.6 Å². The molecule has 0 bridgehead atoms. The Morgan fingerprint density at radius 2 is 1.94 bits per heavy atom. The molecule has 0 aliphatic carbocycles. The van der Waals surface area contributed by atoms with Crippen molar-refractivity contribution in [3.8, 4) is 11.5 Å². The number of aromatic nitrogens is 2. The van der Waals surface area contributed by atoms with Gasteiger partial charge in [-0.2, -0.15) is 0 Å². The quantitative estimate of drug-likeness (QED) is 0.331. The van der Waals surface area contributed by atoms with E-state index in [-0.39, 0.29) is 17.7 Å². The standard InChI is InChI=1S/C24H21N3O5/c1-31-18-8-7-16(11-19(18)32-2)22(28)20-21(17-6-4-10-26-13-17)27(24(30)23(20)29)14-15-5-3-9-25-12-15/h3-13,21,28H,14H2,1-2H3. The minimum atomic E-state index is -0.857. The van der Waals surface area contributed by atoms with Gasteiger partial charge in [0.25, 0.3) is 5.91 Å². The van der Waals surface area contributed by atoms with Crippen LogP contribution in [0.3, 0.4) is 0 Å². The van der Waals surface area contributed by atoms with Crippen molar-refractivity contribution in [3.05, 3.63) is 89.5 Å². The molecule has 0 saturated carbocycles. The number of amides is 1. The van der Waals surface area contributed by atoms with Crippen molar-refractivity contribution in [2.24, 2.45) is 0 Å². The van der Waals surface area contributed by atoms with Crippen molar-refractivity contribution >= 4 is 17.4 Å². The Kier molecular flexibility index (Phi) is 5.85. The number of nitrogens with one attached hydrogen (secondary N) is 1. The third-order valence-corrected chi connectivity index (χ3v) is 5.30. The van der Waals surface area contributed by atoms with E-state index in [4.69, 9.17) is 9.47 Å². The number of rotatable bonds is 6. The van der Waals surface area contributed by atoms with Crippen molar-refractivity contribution in [1.82, 2.24) is 9.88 Å². The highest BCUT2D eigenvalue weighted by Gasteiger charge is 2.44. The first-order valence-corrected chi connectivity index (χ1v) is 9.89. The zero-order chi connectivity index (χ0) is 22.7. The summed E-state index contributed by atoms with van der Waals surface area (Å²) in [5, 5.41) is 13.5. The van der Waals surface area contributed by atoms with Gasteiger partial charge in [0, 0.05) is 29.6 Å². The molecule has 32 heavy (non-hydrogen) atoms. The first kappa shape index (κ1) is 21.0. The number of ketones is 1. The van der Waals surface area contributed by atoms with Gasteiger partial charge in [-0.3, -0.25) is 14.6 Å². The van der Waals surface area contributed by atoms with Gasteiger partial charge in [0.15, 0.2) is 23.9 Å². The number of carbonyl (C=O) groups is 2. The predicted octanol–water partition coefficient (Wildman–Crippen LogP) is 1.34. The van der Waals surface area contributed by atoms with Gasteiger partial charge >= 0.3 is 0 Å². The fraction of sp³-hybridized carbons (Fsp3) is 0.167. The molecule has 1 saturated heterocycles. The van der Waals surface area contributed by atoms with Crippen LogP contribution in [0.25, 0.3) is 5.76 Å². The smallest absolute Gasteiger partial charge is 0.295 e. The number of benzene rings is 1. The minimum absolute atomic E-state index is 0.116. The molecule has 162 valence electrons. The fourth-order valence-corrected chi connectivity index (χ4v) is 3.78. The zero-order valence-corrected chi connectivity index (χ0v) is 17.6. The molecular formula is C24H21N3O5. The van der Waals surface area contributed by atoms with E-state index in [9.17, 15) is 14.7 Å². The lowest BCUT2D eigenvalue weighted by Gasteiger charge is -2.27. The lowest BCUT2D eigenvalue weighted by atomic mass is 9.96. The number of nitrogens with zero attached hydrogens (tertiary/aromatic N) is 2. The van der Waals surface area contributed by atoms with Crippen LogP contribution in [-0.4, -0.2) is 35.8 Å². The van der Waals surface area contributed by atoms with E-state index < -0.39 is 23.5 Å². The average molecular weight is 431 g/mol. The Labute approximate surface area is 184 Å². The molecule has 3 heterocycles. The van der Waals surface area contributed by atoms with E-state index in [0.717, 1.165) is 5.56 Å². The first-order chi connectivity index (χ1) is 15.5. The van der Waals surface area contributed by atoms with E-state index in [0.29, 0.717) is 17.1 Å². The van der Waals surface area contributed by atoms with Gasteiger partial charge in [-0.1, -0.05) is 17.9 Å². The van der Waals surface area contributed by atoms with Crippen LogP contribution in [0.5, 0.6) is 11.5 Å². The molecule has 2 aromatic heterocycles. The number of likely N-dealkylation sites (tertiary alicyclic amines) is 1. The highest BCUT2D eigenvalue weighted by Crippen LogP contribution is 2.40. The van der Waals surface area contributed by atoms with Gasteiger partial charge in [-0.05, 0) is 35.4 Å². The predicted molar refractivity (Wildman–Crippen MR) is 112 cm³/mol. The molecule has 1 N–H and O–H groups in total. The van der Waals surface area contributed by atoms with Crippen LogP contribution in [0.2, 0.25) is 0 Å². The van der Waals surface area contributed by atoms with Crippen molar-refractivity contribution < 1.29 is 29.2 Å². The number of carbonyl (C=O) groups excluding carboxylic acids is 2. The average Bonchev–Trinajstić information content (AvgIpc) is 3.09. The van der Waals surface area contributed by atoms with Crippen molar-refractivity contribution in [1.29, 1.82) is 0 Å². The highest BCUT2D eigenvalue weighted by molar-refractivity contribution is 6.46. The molecule has 0 spiro atoms. The molecule has 1 aromatic carbocycles. The summed E-state index contributed by atoms with van der Waals surface area (Å²) in [6, 6.07) is 10.9. The maximum Gasteiger partial charge on any atom is 0.295 e. The van der Waals surface area contributed by atoms with Gasteiger partial charge in [0.2, 0.25) is 5.78 Å². The topological polar surface area (TPSA) is 106 Å². The summed E-state index contributed by atoms with van der Waals surface area (Å²) >= 11 is 0. The van der Waals surface area contributed by atoms with Crippen molar-refractivity contribution in [2.75, 3.05) is 14.2 Å². The summed E-state index contributed by atoms with van der Waals surface area (Å²) in [4.78, 5) is 34.5. The second-order valence-electron chi connectivity index (χ2n) is 7.18. The number of hydrogen-bond donors (Lipinski definition) is 0. The minimum Gasteiger partial charge on any atom is -0.872 e. The molecule has 8 heteroatoms. The number of aromatic amines is 1. The van der Waals surface area contributed by atoms with E-state index in [1.165, 1.54) is 25.2 Å². The van der Waals surface area contributed by atoms with E-state index in [1.54, 1.807) is 55.1 Å². The van der Waals surface area contributed by atoms with Crippen LogP contribution in [0.1, 0.15) is 22.7 Å². The monoisotopic (exact) mass is 431 g/mol. The van der Waals surface area contributed by atoms with Crippen molar-refractivity contribution in [2.45, 2.75) is 12.6 Å². The molecule has 8 nitrogen and oxygen atoms in total. The maximum absolute atomic E-state index is 13.5. The Balaban J connectivity index is 1.85. The third kappa shape index (κ3) is 3.78. The molecule has 1 atom stereocenters. The molecule has 1 aliphatic heterocycles. The fourth-order valence-electron chi connectivity index (χ4n) is 3.78. The van der Waals surface area contributed by atoms with Crippen LogP contribution in [0.15, 0.2) is 72.8 Å². The second-order valence-corrected chi connectivity index (χ2v) is 7.18. The number of methoxy groups -OCH3 is 2. The van der Waals surface area contributed by atoms with Gasteiger partial charge in [0.1, 0.15) is 0 Å². The van der Waals surface area contributed by atoms with E-state index in [1.807, 2.05) is 6.07 Å². The summed E-state index contributed by atoms with van der Waals surface area (Å²) in [6.45, 7) is 0.157. The molecule has 1 aliphatic rings. The highest BCUT2D eigenvalue weighted by atomic mass is 16.5. The summed E-state index contributed by atoms with van der Waals surface area (Å²) in [5.41, 5.74) is 1.48. The lowest BCUT2D eigenvalue weighted by Crippen LogP contribution is -2.29. The molecule has 1 amide bonds. The molecule has 0 radical (unpaired) electrons. The number of Topliss-reactive ketones (excluding diaryl/α,β-unsaturated/α-hetero) is 1. The number of hydrogen-bond acceptors (Lipinski definition) is 6. The Hall–Kier alpha value is -4.20. The summed E-state index contributed by atoms with van der Waals surface area (Å²) in [5.74, 6) is -1.29. The van der Waals surface area contributed by atoms with Gasteiger partial charge < -0.3 is 19.5 Å². The van der Waals surface area contributed by atoms with Crippen LogP contribution in [0, 0.1) is 0 Å². The Bertz CT molecular complexity index is 1180. The summed E-state index contributed by atoms with van der Waals surface area (Å²) < 4.78 is 10.5. The Morgan fingerprint density at radius 3 is 2.59 bits per heavy atom.